The smallest absolute Gasteiger partial charge is 0.0203 e. The standard InChI is InChI=1S/C28H46/c1-19-8-7-9-21(19)18-20(2)24-13-14-25-23-12-11-22-10-5-6-16-27(22,3)26(23)15-17-28(24,25)4/h20-26H,1,5-18H2,2-4H3/t20-,21?,22-,23?,24?,25?,26?,27?,28?/m1/s1. The average molecular weight is 383 g/mol. The third-order valence-electron chi connectivity index (χ3n) is 11.6. The molecule has 5 aliphatic carbocycles. The summed E-state index contributed by atoms with van der Waals surface area (Å²) in [4.78, 5) is 0. The first kappa shape index (κ1) is 19.7. The number of allylic oxidation sites excluding steroid dienone is 1. The molecule has 0 amide bonds. The third-order valence-corrected chi connectivity index (χ3v) is 11.6. The van der Waals surface area contributed by atoms with Crippen molar-refractivity contribution in [3.05, 3.63) is 12.2 Å². The van der Waals surface area contributed by atoms with Gasteiger partial charge in [-0.25, -0.2) is 0 Å². The maximum atomic E-state index is 4.41. The summed E-state index contributed by atoms with van der Waals surface area (Å²) in [5, 5.41) is 0. The number of hydrogen-bond acceptors (Lipinski definition) is 0. The van der Waals surface area contributed by atoms with Gasteiger partial charge in [-0.3, -0.25) is 0 Å². The van der Waals surface area contributed by atoms with E-state index in [0.717, 1.165) is 41.4 Å². The second-order valence-electron chi connectivity index (χ2n) is 12.6. The topological polar surface area (TPSA) is 0 Å². The van der Waals surface area contributed by atoms with Crippen LogP contribution in [-0.2, 0) is 0 Å². The molecule has 0 N–H and O–H groups in total. The molecule has 0 saturated heterocycles. The van der Waals surface area contributed by atoms with Crippen LogP contribution < -0.4 is 0 Å². The summed E-state index contributed by atoms with van der Waals surface area (Å²) in [5.41, 5.74) is 2.94. The van der Waals surface area contributed by atoms with Crippen LogP contribution in [0.4, 0.5) is 0 Å². The molecule has 7 unspecified atom stereocenters. The summed E-state index contributed by atoms with van der Waals surface area (Å²) in [5.74, 6) is 6.99. The Bertz CT molecular complexity index is 603. The van der Waals surface area contributed by atoms with Gasteiger partial charge in [0.25, 0.3) is 0 Å². The Morgan fingerprint density at radius 2 is 1.68 bits per heavy atom. The van der Waals surface area contributed by atoms with Gasteiger partial charge in [-0.15, -0.1) is 0 Å². The fourth-order valence-corrected chi connectivity index (χ4v) is 10.2. The van der Waals surface area contributed by atoms with Gasteiger partial charge in [0.15, 0.2) is 0 Å². The lowest BCUT2D eigenvalue weighted by atomic mass is 9.44. The van der Waals surface area contributed by atoms with E-state index in [-0.39, 0.29) is 0 Å². The number of hydrogen-bond donors (Lipinski definition) is 0. The highest BCUT2D eigenvalue weighted by atomic mass is 14.6. The van der Waals surface area contributed by atoms with Crippen LogP contribution >= 0.6 is 0 Å². The van der Waals surface area contributed by atoms with E-state index in [4.69, 9.17) is 0 Å². The second kappa shape index (κ2) is 7.16. The zero-order valence-electron chi connectivity index (χ0n) is 19.1. The maximum Gasteiger partial charge on any atom is -0.0203 e. The van der Waals surface area contributed by atoms with Gasteiger partial charge in [0.05, 0.1) is 0 Å². The van der Waals surface area contributed by atoms with E-state index in [0.29, 0.717) is 10.8 Å². The van der Waals surface area contributed by atoms with Gasteiger partial charge in [-0.05, 0) is 129 Å². The van der Waals surface area contributed by atoms with E-state index in [1.54, 1.807) is 50.5 Å². The molecule has 0 spiro atoms. The fraction of sp³-hybridized carbons (Fsp3) is 0.929. The van der Waals surface area contributed by atoms with Crippen LogP contribution in [0.2, 0.25) is 0 Å². The van der Waals surface area contributed by atoms with E-state index in [2.05, 4.69) is 27.4 Å². The summed E-state index contributed by atoms with van der Waals surface area (Å²) in [6.07, 6.45) is 21.1. The van der Waals surface area contributed by atoms with Crippen LogP contribution in [0.5, 0.6) is 0 Å². The molecule has 0 nitrogen and oxygen atoms in total. The van der Waals surface area contributed by atoms with E-state index in [1.165, 1.54) is 44.9 Å². The molecule has 5 fully saturated rings. The van der Waals surface area contributed by atoms with Gasteiger partial charge in [0.1, 0.15) is 0 Å². The van der Waals surface area contributed by atoms with Crippen LogP contribution in [0.15, 0.2) is 12.2 Å². The van der Waals surface area contributed by atoms with E-state index >= 15 is 0 Å². The summed E-state index contributed by atoms with van der Waals surface area (Å²) < 4.78 is 0. The van der Waals surface area contributed by atoms with Gasteiger partial charge in [0, 0.05) is 0 Å². The minimum Gasteiger partial charge on any atom is -0.0996 e. The third kappa shape index (κ3) is 2.90. The molecule has 0 radical (unpaired) electrons. The molecule has 0 heteroatoms. The quantitative estimate of drug-likeness (QED) is 0.430. The van der Waals surface area contributed by atoms with Crippen molar-refractivity contribution >= 4 is 0 Å². The van der Waals surface area contributed by atoms with Crippen molar-refractivity contribution in [1.29, 1.82) is 0 Å². The van der Waals surface area contributed by atoms with Crippen LogP contribution in [0.1, 0.15) is 111 Å². The van der Waals surface area contributed by atoms with Crippen molar-refractivity contribution in [2.75, 3.05) is 0 Å². The van der Waals surface area contributed by atoms with Crippen LogP contribution in [0.25, 0.3) is 0 Å². The van der Waals surface area contributed by atoms with E-state index in [1.807, 2.05) is 0 Å². The van der Waals surface area contributed by atoms with Crippen LogP contribution in [0, 0.1) is 52.3 Å². The summed E-state index contributed by atoms with van der Waals surface area (Å²) in [6.45, 7) is 12.5. The predicted octanol–water partition coefficient (Wildman–Crippen LogP) is 8.42. The van der Waals surface area contributed by atoms with Crippen molar-refractivity contribution < 1.29 is 0 Å². The van der Waals surface area contributed by atoms with E-state index < -0.39 is 0 Å². The van der Waals surface area contributed by atoms with Crippen molar-refractivity contribution in [2.45, 2.75) is 111 Å². The highest BCUT2D eigenvalue weighted by Gasteiger charge is 2.60. The largest absolute Gasteiger partial charge is 0.0996 e. The Morgan fingerprint density at radius 1 is 0.857 bits per heavy atom. The van der Waals surface area contributed by atoms with Crippen molar-refractivity contribution in [2.24, 2.45) is 52.3 Å². The Morgan fingerprint density at radius 3 is 2.46 bits per heavy atom. The fourth-order valence-electron chi connectivity index (χ4n) is 10.2. The molecule has 0 aliphatic heterocycles. The number of rotatable bonds is 3. The summed E-state index contributed by atoms with van der Waals surface area (Å²) in [7, 11) is 0. The molecular formula is C28H46. The average Bonchev–Trinajstić information content (AvgIpc) is 3.23. The lowest BCUT2D eigenvalue weighted by Crippen LogP contribution is -2.53. The minimum atomic E-state index is 0.651. The van der Waals surface area contributed by atoms with Crippen molar-refractivity contribution in [3.8, 4) is 0 Å². The predicted molar refractivity (Wildman–Crippen MR) is 120 cm³/mol. The van der Waals surface area contributed by atoms with Crippen molar-refractivity contribution in [1.82, 2.24) is 0 Å². The Balaban J connectivity index is 1.33. The maximum absolute atomic E-state index is 4.41. The molecule has 28 heavy (non-hydrogen) atoms. The molecule has 5 aliphatic rings. The number of fused-ring (bicyclic) bond motifs is 5. The van der Waals surface area contributed by atoms with Crippen molar-refractivity contribution in [3.63, 3.8) is 0 Å². The highest BCUT2D eigenvalue weighted by molar-refractivity contribution is 5.11. The van der Waals surface area contributed by atoms with Gasteiger partial charge in [0.2, 0.25) is 0 Å². The summed E-state index contributed by atoms with van der Waals surface area (Å²) in [6, 6.07) is 0. The first-order valence-electron chi connectivity index (χ1n) is 13.1. The van der Waals surface area contributed by atoms with Crippen LogP contribution in [0.3, 0.4) is 0 Å². The first-order chi connectivity index (χ1) is 13.4. The SMILES string of the molecule is C=C1CCCC1C[C@@H](C)C1CCC2C3CC[C@H]4CCCCC4(C)C3CCC21C. The molecule has 9 atom stereocenters. The molecular weight excluding hydrogens is 336 g/mol. The Labute approximate surface area is 175 Å². The lowest BCUT2D eigenvalue weighted by molar-refractivity contribution is -0.114. The molecule has 0 aromatic carbocycles. The zero-order valence-corrected chi connectivity index (χ0v) is 19.1. The molecule has 158 valence electrons. The lowest BCUT2D eigenvalue weighted by Gasteiger charge is -2.61. The zero-order chi connectivity index (χ0) is 19.5. The van der Waals surface area contributed by atoms with Crippen LogP contribution in [-0.4, -0.2) is 0 Å². The summed E-state index contributed by atoms with van der Waals surface area (Å²) >= 11 is 0. The van der Waals surface area contributed by atoms with Gasteiger partial charge in [-0.1, -0.05) is 45.8 Å². The molecule has 5 rings (SSSR count). The first-order valence-corrected chi connectivity index (χ1v) is 13.1. The minimum absolute atomic E-state index is 0.651. The molecule has 0 aromatic heterocycles. The van der Waals surface area contributed by atoms with Gasteiger partial charge < -0.3 is 0 Å². The Hall–Kier alpha value is -0.260. The monoisotopic (exact) mass is 382 g/mol. The molecule has 5 saturated carbocycles. The van der Waals surface area contributed by atoms with Gasteiger partial charge >= 0.3 is 0 Å². The highest BCUT2D eigenvalue weighted by Crippen LogP contribution is 2.68. The van der Waals surface area contributed by atoms with Gasteiger partial charge in [-0.2, -0.15) is 0 Å². The normalized spacial score (nSPS) is 52.0. The molecule has 0 aromatic rings. The molecule has 0 bridgehead atoms. The second-order valence-corrected chi connectivity index (χ2v) is 12.6. The Kier molecular flexibility index (Phi) is 5.04. The van der Waals surface area contributed by atoms with E-state index in [9.17, 15) is 0 Å². The molecule has 0 heterocycles.